The molecular formula is C7H6N4S. The predicted molar refractivity (Wildman–Crippen MR) is 47.4 cm³/mol. The van der Waals surface area contributed by atoms with E-state index in [-0.39, 0.29) is 0 Å². The van der Waals surface area contributed by atoms with Crippen LogP contribution in [0.15, 0.2) is 16.8 Å². The van der Waals surface area contributed by atoms with Crippen molar-refractivity contribution in [3.63, 3.8) is 0 Å². The van der Waals surface area contributed by atoms with Crippen LogP contribution in [0.5, 0.6) is 0 Å². The molecule has 60 valence electrons. The third-order valence-electron chi connectivity index (χ3n) is 1.33. The van der Waals surface area contributed by atoms with Crippen molar-refractivity contribution >= 4 is 23.5 Å². The lowest BCUT2D eigenvalue weighted by Crippen LogP contribution is -1.73. The maximum absolute atomic E-state index is 3.79. The number of aromatic nitrogens is 4. The highest BCUT2D eigenvalue weighted by Crippen LogP contribution is 2.08. The highest BCUT2D eigenvalue weighted by molar-refractivity contribution is 7.08. The van der Waals surface area contributed by atoms with Crippen LogP contribution in [0, 0.1) is 0 Å². The maximum Gasteiger partial charge on any atom is 0.197 e. The number of hydrogen-bond acceptors (Lipinski definition) is 4. The summed E-state index contributed by atoms with van der Waals surface area (Å²) < 4.78 is 0. The van der Waals surface area contributed by atoms with E-state index in [1.165, 1.54) is 0 Å². The molecular weight excluding hydrogens is 172 g/mol. The Morgan fingerprint density at radius 1 is 1.42 bits per heavy atom. The smallest absolute Gasteiger partial charge is 0.177 e. The molecule has 0 fully saturated rings. The SMILES string of the molecule is C(=C\c1nn[nH]n1)/c1ccsc1. The average Bonchev–Trinajstić information content (AvgIpc) is 2.74. The summed E-state index contributed by atoms with van der Waals surface area (Å²) in [4.78, 5) is 0. The van der Waals surface area contributed by atoms with E-state index in [0.717, 1.165) is 5.56 Å². The van der Waals surface area contributed by atoms with Crippen molar-refractivity contribution in [3.05, 3.63) is 28.2 Å². The first-order valence-electron chi connectivity index (χ1n) is 3.39. The monoisotopic (exact) mass is 178 g/mol. The highest BCUT2D eigenvalue weighted by Gasteiger charge is 1.90. The van der Waals surface area contributed by atoms with Gasteiger partial charge in [0.2, 0.25) is 0 Å². The molecule has 0 radical (unpaired) electrons. The number of aromatic amines is 1. The van der Waals surface area contributed by atoms with Crippen molar-refractivity contribution in [2.75, 3.05) is 0 Å². The second-order valence-electron chi connectivity index (χ2n) is 2.16. The molecule has 4 nitrogen and oxygen atoms in total. The van der Waals surface area contributed by atoms with Crippen LogP contribution in [0.3, 0.4) is 0 Å². The van der Waals surface area contributed by atoms with Gasteiger partial charge in [0.15, 0.2) is 5.82 Å². The van der Waals surface area contributed by atoms with E-state index in [0.29, 0.717) is 5.82 Å². The Balaban J connectivity index is 2.14. The largest absolute Gasteiger partial charge is 0.197 e. The third-order valence-corrected chi connectivity index (χ3v) is 2.03. The van der Waals surface area contributed by atoms with Crippen LogP contribution < -0.4 is 0 Å². The van der Waals surface area contributed by atoms with Gasteiger partial charge in [-0.25, -0.2) is 0 Å². The molecule has 0 spiro atoms. The molecule has 1 N–H and O–H groups in total. The molecule has 2 heterocycles. The quantitative estimate of drug-likeness (QED) is 0.756. The van der Waals surface area contributed by atoms with E-state index in [1.807, 2.05) is 23.6 Å². The van der Waals surface area contributed by atoms with Gasteiger partial charge >= 0.3 is 0 Å². The second kappa shape index (κ2) is 3.27. The standard InChI is InChI=1S/C7H6N4S/c1(6-3-4-12-5-6)2-7-8-10-11-9-7/h1-5H,(H,8,9,10,11)/b2-1+. The summed E-state index contributed by atoms with van der Waals surface area (Å²) in [6.07, 6.45) is 3.76. The van der Waals surface area contributed by atoms with E-state index < -0.39 is 0 Å². The minimum Gasteiger partial charge on any atom is -0.177 e. The Morgan fingerprint density at radius 3 is 3.08 bits per heavy atom. The molecule has 2 rings (SSSR count). The zero-order valence-corrected chi connectivity index (χ0v) is 6.95. The first-order valence-corrected chi connectivity index (χ1v) is 4.33. The van der Waals surface area contributed by atoms with Crippen molar-refractivity contribution in [2.45, 2.75) is 0 Å². The van der Waals surface area contributed by atoms with Gasteiger partial charge in [-0.2, -0.15) is 16.6 Å². The summed E-state index contributed by atoms with van der Waals surface area (Å²) in [7, 11) is 0. The van der Waals surface area contributed by atoms with Gasteiger partial charge in [0.25, 0.3) is 0 Å². The number of nitrogens with zero attached hydrogens (tertiary/aromatic N) is 3. The number of thiophene rings is 1. The van der Waals surface area contributed by atoms with E-state index in [1.54, 1.807) is 11.3 Å². The van der Waals surface area contributed by atoms with Crippen LogP contribution in [-0.4, -0.2) is 20.6 Å². The van der Waals surface area contributed by atoms with Crippen molar-refractivity contribution in [1.82, 2.24) is 20.6 Å². The lowest BCUT2D eigenvalue weighted by Gasteiger charge is -1.79. The van der Waals surface area contributed by atoms with Crippen molar-refractivity contribution in [1.29, 1.82) is 0 Å². The summed E-state index contributed by atoms with van der Waals surface area (Å²) >= 11 is 1.66. The molecule has 0 bridgehead atoms. The van der Waals surface area contributed by atoms with Crippen LogP contribution >= 0.6 is 11.3 Å². The normalized spacial score (nSPS) is 11.0. The summed E-state index contributed by atoms with van der Waals surface area (Å²) in [5.41, 5.74) is 1.16. The van der Waals surface area contributed by atoms with E-state index in [2.05, 4.69) is 26.0 Å². The van der Waals surface area contributed by atoms with Crippen LogP contribution in [0.4, 0.5) is 0 Å². The van der Waals surface area contributed by atoms with E-state index >= 15 is 0 Å². The summed E-state index contributed by atoms with van der Waals surface area (Å²) in [5.74, 6) is 0.598. The molecule has 12 heavy (non-hydrogen) atoms. The number of tetrazole rings is 1. The summed E-state index contributed by atoms with van der Waals surface area (Å²) in [6.45, 7) is 0. The molecule has 0 saturated carbocycles. The van der Waals surface area contributed by atoms with Gasteiger partial charge in [-0.05, 0) is 33.7 Å². The number of H-pyrrole nitrogens is 1. The number of nitrogens with one attached hydrogen (secondary N) is 1. The van der Waals surface area contributed by atoms with Gasteiger partial charge < -0.3 is 0 Å². The Morgan fingerprint density at radius 2 is 2.42 bits per heavy atom. The first kappa shape index (κ1) is 7.17. The van der Waals surface area contributed by atoms with Gasteiger partial charge in [0.05, 0.1) is 0 Å². The first-order chi connectivity index (χ1) is 5.95. The molecule has 5 heteroatoms. The van der Waals surface area contributed by atoms with E-state index in [9.17, 15) is 0 Å². The van der Waals surface area contributed by atoms with Crippen LogP contribution in [0.2, 0.25) is 0 Å². The maximum atomic E-state index is 3.79. The average molecular weight is 178 g/mol. The molecule has 0 atom stereocenters. The van der Waals surface area contributed by atoms with Gasteiger partial charge in [0.1, 0.15) is 0 Å². The summed E-state index contributed by atoms with van der Waals surface area (Å²) in [5, 5.41) is 17.5. The van der Waals surface area contributed by atoms with Crippen molar-refractivity contribution < 1.29 is 0 Å². The highest BCUT2D eigenvalue weighted by atomic mass is 32.1. The molecule has 0 aliphatic carbocycles. The number of rotatable bonds is 2. The molecule has 0 unspecified atom stereocenters. The van der Waals surface area contributed by atoms with Crippen molar-refractivity contribution in [3.8, 4) is 0 Å². The van der Waals surface area contributed by atoms with Gasteiger partial charge in [-0.3, -0.25) is 0 Å². The Kier molecular flexibility index (Phi) is 1.96. The lowest BCUT2D eigenvalue weighted by atomic mass is 10.3. The molecule has 0 aromatic carbocycles. The summed E-state index contributed by atoms with van der Waals surface area (Å²) in [6, 6.07) is 2.03. The topological polar surface area (TPSA) is 54.5 Å². The van der Waals surface area contributed by atoms with Crippen LogP contribution in [0.1, 0.15) is 11.4 Å². The molecule has 2 aromatic heterocycles. The second-order valence-corrected chi connectivity index (χ2v) is 2.94. The fourth-order valence-electron chi connectivity index (χ4n) is 0.781. The Labute approximate surface area is 72.9 Å². The molecule has 0 saturated heterocycles. The zero-order valence-electron chi connectivity index (χ0n) is 6.14. The number of hydrogen-bond donors (Lipinski definition) is 1. The predicted octanol–water partition coefficient (Wildman–Crippen LogP) is 1.43. The van der Waals surface area contributed by atoms with Gasteiger partial charge in [-0.15, -0.1) is 10.2 Å². The van der Waals surface area contributed by atoms with Gasteiger partial charge in [-0.1, -0.05) is 6.08 Å². The molecule has 0 aliphatic heterocycles. The Bertz CT molecular complexity index is 312. The minimum absolute atomic E-state index is 0.598. The minimum atomic E-state index is 0.598. The molecule has 0 amide bonds. The van der Waals surface area contributed by atoms with E-state index in [4.69, 9.17) is 0 Å². The van der Waals surface area contributed by atoms with Crippen LogP contribution in [0.25, 0.3) is 12.2 Å². The molecule has 0 aliphatic rings. The Hall–Kier alpha value is -1.49. The molecule has 2 aromatic rings. The fraction of sp³-hybridized carbons (Fsp3) is 0. The van der Waals surface area contributed by atoms with Crippen LogP contribution in [-0.2, 0) is 0 Å². The fourth-order valence-corrected chi connectivity index (χ4v) is 1.41. The van der Waals surface area contributed by atoms with Crippen molar-refractivity contribution in [2.24, 2.45) is 0 Å². The lowest BCUT2D eigenvalue weighted by molar-refractivity contribution is 0.881. The van der Waals surface area contributed by atoms with Gasteiger partial charge in [0, 0.05) is 0 Å². The zero-order chi connectivity index (χ0) is 8.23. The third kappa shape index (κ3) is 1.57.